The van der Waals surface area contributed by atoms with Crippen LogP contribution in [-0.4, -0.2) is 35.9 Å². The lowest BCUT2D eigenvalue weighted by Gasteiger charge is -2.29. The number of thiazole rings is 1. The molecule has 0 bridgehead atoms. The SMILES string of the molecule is CC(=O)Nc1ccc(NC(=O)CN2C(=O)COc3ccc(-c4csc(C)n4)cc32)cc1. The number of nitrogens with one attached hydrogen (secondary N) is 2. The zero-order valence-electron chi connectivity index (χ0n) is 17.0. The topological polar surface area (TPSA) is 101 Å². The normalized spacial score (nSPS) is 12.7. The number of amides is 3. The van der Waals surface area contributed by atoms with Crippen LogP contribution in [0.1, 0.15) is 11.9 Å². The van der Waals surface area contributed by atoms with E-state index in [9.17, 15) is 14.4 Å². The third kappa shape index (κ3) is 4.72. The minimum Gasteiger partial charge on any atom is -0.482 e. The molecule has 1 aromatic heterocycles. The molecular formula is C22H20N4O4S. The van der Waals surface area contributed by atoms with Crippen LogP contribution in [0.25, 0.3) is 11.3 Å². The predicted octanol–water partition coefficient (Wildman–Crippen LogP) is 3.44. The molecule has 0 fully saturated rings. The van der Waals surface area contributed by atoms with Crippen molar-refractivity contribution in [2.75, 3.05) is 28.7 Å². The van der Waals surface area contributed by atoms with E-state index >= 15 is 0 Å². The van der Waals surface area contributed by atoms with Gasteiger partial charge in [0, 0.05) is 29.2 Å². The molecule has 158 valence electrons. The number of carbonyl (C=O) groups excluding carboxylic acids is 3. The molecule has 3 amide bonds. The van der Waals surface area contributed by atoms with Crippen LogP contribution < -0.4 is 20.3 Å². The monoisotopic (exact) mass is 436 g/mol. The van der Waals surface area contributed by atoms with Gasteiger partial charge in [-0.2, -0.15) is 0 Å². The van der Waals surface area contributed by atoms with Gasteiger partial charge in [-0.3, -0.25) is 19.3 Å². The van der Waals surface area contributed by atoms with E-state index in [1.54, 1.807) is 41.7 Å². The fourth-order valence-electron chi connectivity index (χ4n) is 3.22. The smallest absolute Gasteiger partial charge is 0.265 e. The molecule has 3 aromatic rings. The summed E-state index contributed by atoms with van der Waals surface area (Å²) in [6.45, 7) is 3.08. The van der Waals surface area contributed by atoms with E-state index in [4.69, 9.17) is 4.74 Å². The van der Waals surface area contributed by atoms with Gasteiger partial charge in [0.25, 0.3) is 5.91 Å². The Balaban J connectivity index is 1.51. The number of anilines is 3. The minimum atomic E-state index is -0.344. The Labute approximate surface area is 182 Å². The molecule has 2 N–H and O–H groups in total. The fourth-order valence-corrected chi connectivity index (χ4v) is 3.84. The third-order valence-electron chi connectivity index (χ3n) is 4.61. The molecule has 1 aliphatic rings. The van der Waals surface area contributed by atoms with Gasteiger partial charge in [0.05, 0.1) is 16.4 Å². The number of nitrogens with zero attached hydrogens (tertiary/aromatic N) is 2. The van der Waals surface area contributed by atoms with Crippen LogP contribution in [0.3, 0.4) is 0 Å². The number of aryl methyl sites for hydroxylation is 1. The Morgan fingerprint density at radius 3 is 2.48 bits per heavy atom. The second-order valence-electron chi connectivity index (χ2n) is 7.01. The highest BCUT2D eigenvalue weighted by Crippen LogP contribution is 2.36. The average Bonchev–Trinajstić information content (AvgIpc) is 3.17. The van der Waals surface area contributed by atoms with Crippen molar-refractivity contribution < 1.29 is 19.1 Å². The summed E-state index contributed by atoms with van der Waals surface area (Å²) in [5, 5.41) is 8.33. The molecule has 0 unspecified atom stereocenters. The number of aromatic nitrogens is 1. The molecule has 4 rings (SSSR count). The lowest BCUT2D eigenvalue weighted by Crippen LogP contribution is -2.43. The van der Waals surface area contributed by atoms with E-state index in [1.165, 1.54) is 11.8 Å². The van der Waals surface area contributed by atoms with Crippen molar-refractivity contribution in [2.45, 2.75) is 13.8 Å². The Morgan fingerprint density at radius 2 is 1.84 bits per heavy atom. The van der Waals surface area contributed by atoms with Gasteiger partial charge in [-0.25, -0.2) is 4.98 Å². The molecule has 31 heavy (non-hydrogen) atoms. The molecule has 0 saturated heterocycles. The number of fused-ring (bicyclic) bond motifs is 1. The van der Waals surface area contributed by atoms with Gasteiger partial charge in [-0.1, -0.05) is 0 Å². The van der Waals surface area contributed by atoms with Crippen LogP contribution >= 0.6 is 11.3 Å². The van der Waals surface area contributed by atoms with Gasteiger partial charge in [0.2, 0.25) is 11.8 Å². The summed E-state index contributed by atoms with van der Waals surface area (Å²) in [5.74, 6) is -0.269. The van der Waals surface area contributed by atoms with Gasteiger partial charge < -0.3 is 15.4 Å². The predicted molar refractivity (Wildman–Crippen MR) is 120 cm³/mol. The van der Waals surface area contributed by atoms with E-state index in [0.29, 0.717) is 22.8 Å². The van der Waals surface area contributed by atoms with E-state index < -0.39 is 0 Å². The van der Waals surface area contributed by atoms with Gasteiger partial charge in [0.15, 0.2) is 6.61 Å². The molecule has 2 aromatic carbocycles. The second-order valence-corrected chi connectivity index (χ2v) is 8.07. The summed E-state index contributed by atoms with van der Waals surface area (Å²) in [6, 6.07) is 12.2. The number of hydrogen-bond donors (Lipinski definition) is 2. The first kappa shape index (κ1) is 20.5. The Morgan fingerprint density at radius 1 is 1.13 bits per heavy atom. The molecule has 8 nitrogen and oxygen atoms in total. The average molecular weight is 436 g/mol. The van der Waals surface area contributed by atoms with Crippen molar-refractivity contribution in [1.29, 1.82) is 0 Å². The first-order valence-corrected chi connectivity index (χ1v) is 10.4. The minimum absolute atomic E-state index is 0.124. The number of benzene rings is 2. The van der Waals surface area contributed by atoms with Crippen molar-refractivity contribution in [3.63, 3.8) is 0 Å². The van der Waals surface area contributed by atoms with Gasteiger partial charge in [-0.15, -0.1) is 11.3 Å². The molecule has 0 saturated carbocycles. The van der Waals surface area contributed by atoms with Gasteiger partial charge >= 0.3 is 0 Å². The molecule has 9 heteroatoms. The molecule has 2 heterocycles. The lowest BCUT2D eigenvalue weighted by atomic mass is 10.1. The van der Waals surface area contributed by atoms with Crippen molar-refractivity contribution in [2.24, 2.45) is 0 Å². The van der Waals surface area contributed by atoms with Crippen LogP contribution in [0.2, 0.25) is 0 Å². The van der Waals surface area contributed by atoms with E-state index in [2.05, 4.69) is 15.6 Å². The number of hydrogen-bond acceptors (Lipinski definition) is 6. The van der Waals surface area contributed by atoms with Crippen LogP contribution in [0.5, 0.6) is 5.75 Å². The fraction of sp³-hybridized carbons (Fsp3) is 0.182. The molecule has 0 spiro atoms. The number of carbonyl (C=O) groups is 3. The van der Waals surface area contributed by atoms with E-state index in [1.807, 2.05) is 24.4 Å². The van der Waals surface area contributed by atoms with E-state index in [0.717, 1.165) is 16.3 Å². The molecule has 0 aliphatic carbocycles. The molecular weight excluding hydrogens is 416 g/mol. The zero-order valence-corrected chi connectivity index (χ0v) is 17.8. The van der Waals surface area contributed by atoms with Crippen molar-refractivity contribution in [3.05, 3.63) is 52.9 Å². The number of ether oxygens (including phenoxy) is 1. The van der Waals surface area contributed by atoms with Crippen LogP contribution in [0, 0.1) is 6.92 Å². The Hall–Kier alpha value is -3.72. The highest BCUT2D eigenvalue weighted by molar-refractivity contribution is 7.09. The summed E-state index contributed by atoms with van der Waals surface area (Å²) in [5.41, 5.74) is 3.39. The van der Waals surface area contributed by atoms with Crippen molar-refractivity contribution in [3.8, 4) is 17.0 Å². The first-order chi connectivity index (χ1) is 14.9. The maximum absolute atomic E-state index is 12.6. The Bertz CT molecular complexity index is 1160. The van der Waals surface area contributed by atoms with Crippen LogP contribution in [0.15, 0.2) is 47.8 Å². The van der Waals surface area contributed by atoms with Crippen LogP contribution in [0.4, 0.5) is 17.1 Å². The van der Waals surface area contributed by atoms with Crippen molar-refractivity contribution in [1.82, 2.24) is 4.98 Å². The van der Waals surface area contributed by atoms with Crippen molar-refractivity contribution >= 4 is 46.1 Å². The zero-order chi connectivity index (χ0) is 22.0. The second kappa shape index (κ2) is 8.57. The molecule has 0 atom stereocenters. The standard InChI is InChI=1S/C22H20N4O4S/c1-13(27)23-16-4-6-17(7-5-16)25-21(28)10-26-19-9-15(18-12-31-14(2)24-18)3-8-20(19)30-11-22(26)29/h3-9,12H,10-11H2,1-2H3,(H,23,27)(H,25,28). The van der Waals surface area contributed by atoms with Gasteiger partial charge in [0.1, 0.15) is 12.3 Å². The molecule has 1 aliphatic heterocycles. The summed E-state index contributed by atoms with van der Waals surface area (Å²) in [6.07, 6.45) is 0. The largest absolute Gasteiger partial charge is 0.482 e. The first-order valence-electron chi connectivity index (χ1n) is 9.56. The van der Waals surface area contributed by atoms with Crippen LogP contribution in [-0.2, 0) is 14.4 Å². The summed E-state index contributed by atoms with van der Waals surface area (Å²) in [4.78, 5) is 42.2. The third-order valence-corrected chi connectivity index (χ3v) is 5.38. The summed E-state index contributed by atoms with van der Waals surface area (Å²) in [7, 11) is 0. The van der Waals surface area contributed by atoms with Gasteiger partial charge in [-0.05, 0) is 49.4 Å². The highest BCUT2D eigenvalue weighted by Gasteiger charge is 2.28. The Kier molecular flexibility index (Phi) is 5.68. The summed E-state index contributed by atoms with van der Waals surface area (Å²) < 4.78 is 5.53. The highest BCUT2D eigenvalue weighted by atomic mass is 32.1. The maximum Gasteiger partial charge on any atom is 0.265 e. The van der Waals surface area contributed by atoms with E-state index in [-0.39, 0.29) is 30.9 Å². The summed E-state index contributed by atoms with van der Waals surface area (Å²) >= 11 is 1.54. The quantitative estimate of drug-likeness (QED) is 0.638. The number of rotatable bonds is 5. The lowest BCUT2D eigenvalue weighted by molar-refractivity contribution is -0.123. The molecule has 0 radical (unpaired) electrons. The maximum atomic E-state index is 12.6.